The van der Waals surface area contributed by atoms with Crippen LogP contribution < -0.4 is 15.0 Å². The maximum absolute atomic E-state index is 12.5. The van der Waals surface area contributed by atoms with Crippen LogP contribution in [0.25, 0.3) is 11.8 Å². The molecule has 8 heteroatoms. The molecule has 0 unspecified atom stereocenters. The summed E-state index contributed by atoms with van der Waals surface area (Å²) in [4.78, 5) is 3.44. The molecule has 3 aliphatic rings. The van der Waals surface area contributed by atoms with E-state index < -0.39 is 10.0 Å². The normalized spacial score (nSPS) is 23.5. The SMILES string of the molecule is CS(=O)(=O)N1CC=C(Cl)C=c2[nH]c3c(c21)CN=NC=3[C@H]1CC[C@H](c2ccccc2)CC1. The Hall–Kier alpha value is -2.38. The Morgan fingerprint density at radius 1 is 1.10 bits per heavy atom. The summed E-state index contributed by atoms with van der Waals surface area (Å²) in [6.07, 6.45) is 9.03. The molecule has 0 saturated heterocycles. The van der Waals surface area contributed by atoms with Gasteiger partial charge in [-0.25, -0.2) is 8.42 Å². The van der Waals surface area contributed by atoms with Gasteiger partial charge in [0.05, 0.1) is 41.4 Å². The molecular formula is C23H25ClN4O2S. The first-order valence-electron chi connectivity index (χ1n) is 10.6. The Morgan fingerprint density at radius 3 is 2.52 bits per heavy atom. The monoisotopic (exact) mass is 456 g/mol. The van der Waals surface area contributed by atoms with Crippen molar-refractivity contribution >= 4 is 39.1 Å². The van der Waals surface area contributed by atoms with Gasteiger partial charge in [-0.2, -0.15) is 10.2 Å². The highest BCUT2D eigenvalue weighted by molar-refractivity contribution is 7.92. The van der Waals surface area contributed by atoms with Gasteiger partial charge in [-0.15, -0.1) is 0 Å². The number of rotatable bonds is 3. The molecule has 162 valence electrons. The van der Waals surface area contributed by atoms with Crippen molar-refractivity contribution in [2.24, 2.45) is 16.1 Å². The van der Waals surface area contributed by atoms with Crippen molar-refractivity contribution in [3.63, 3.8) is 0 Å². The molecular weight excluding hydrogens is 432 g/mol. The fourth-order valence-electron chi connectivity index (χ4n) is 5.02. The molecule has 0 radical (unpaired) electrons. The molecule has 5 rings (SSSR count). The third-order valence-corrected chi connectivity index (χ3v) is 7.93. The van der Waals surface area contributed by atoms with E-state index in [1.807, 2.05) is 0 Å². The number of aromatic amines is 1. The van der Waals surface area contributed by atoms with Crippen LogP contribution >= 0.6 is 11.6 Å². The highest BCUT2D eigenvalue weighted by Crippen LogP contribution is 2.40. The third-order valence-electron chi connectivity index (χ3n) is 6.53. The van der Waals surface area contributed by atoms with Crippen molar-refractivity contribution in [1.82, 2.24) is 4.98 Å². The van der Waals surface area contributed by atoms with E-state index in [0.29, 0.717) is 34.4 Å². The quantitative estimate of drug-likeness (QED) is 0.763. The molecule has 0 amide bonds. The minimum absolute atomic E-state index is 0.208. The second-order valence-electron chi connectivity index (χ2n) is 8.51. The van der Waals surface area contributed by atoms with Crippen molar-refractivity contribution in [3.8, 4) is 0 Å². The van der Waals surface area contributed by atoms with Gasteiger partial charge in [0.2, 0.25) is 10.0 Å². The van der Waals surface area contributed by atoms with Crippen molar-refractivity contribution in [2.75, 3.05) is 17.1 Å². The molecule has 0 atom stereocenters. The standard InChI is InChI=1S/C23H25ClN4O2S/c1-31(29,30)28-12-11-18(24)13-20-23(28)19-14-25-27-21(22(19)26-20)17-9-7-16(8-10-17)15-5-3-2-4-6-15/h2-6,11,13,16-17,26H,7-10,12,14H2,1H3/t16-,17-. The van der Waals surface area contributed by atoms with E-state index in [4.69, 9.17) is 11.6 Å². The highest BCUT2D eigenvalue weighted by Gasteiger charge is 2.30. The van der Waals surface area contributed by atoms with E-state index in [0.717, 1.165) is 42.3 Å². The predicted molar refractivity (Wildman–Crippen MR) is 124 cm³/mol. The number of azo groups is 1. The van der Waals surface area contributed by atoms with Crippen molar-refractivity contribution < 1.29 is 8.42 Å². The summed E-state index contributed by atoms with van der Waals surface area (Å²) in [5, 5.41) is 11.1. The Kier molecular flexibility index (Phi) is 5.26. The number of fused-ring (bicyclic) bond motifs is 3. The lowest BCUT2D eigenvalue weighted by Crippen LogP contribution is -2.33. The molecule has 1 N–H and O–H groups in total. The molecule has 3 heterocycles. The molecule has 2 aliphatic heterocycles. The van der Waals surface area contributed by atoms with E-state index in [-0.39, 0.29) is 6.54 Å². The summed E-state index contributed by atoms with van der Waals surface area (Å²) in [6, 6.07) is 10.7. The lowest BCUT2D eigenvalue weighted by molar-refractivity contribution is 0.378. The molecule has 31 heavy (non-hydrogen) atoms. The highest BCUT2D eigenvalue weighted by atomic mass is 35.5. The summed E-state index contributed by atoms with van der Waals surface area (Å²) in [5.74, 6) is 0.888. The smallest absolute Gasteiger partial charge is 0.232 e. The predicted octanol–water partition coefficient (Wildman–Crippen LogP) is 3.75. The molecule has 2 aromatic rings. The second kappa shape index (κ2) is 7.95. The topological polar surface area (TPSA) is 77.9 Å². The average molecular weight is 457 g/mol. The molecule has 1 fully saturated rings. The van der Waals surface area contributed by atoms with Crippen LogP contribution in [0.4, 0.5) is 5.69 Å². The van der Waals surface area contributed by atoms with E-state index in [1.54, 1.807) is 12.2 Å². The fraction of sp³-hybridized carbons (Fsp3) is 0.391. The van der Waals surface area contributed by atoms with Crippen LogP contribution in [0.3, 0.4) is 0 Å². The van der Waals surface area contributed by atoms with E-state index in [2.05, 4.69) is 45.5 Å². The van der Waals surface area contributed by atoms with Gasteiger partial charge in [0.15, 0.2) is 0 Å². The van der Waals surface area contributed by atoms with Gasteiger partial charge < -0.3 is 4.98 Å². The van der Waals surface area contributed by atoms with Crippen LogP contribution in [-0.4, -0.2) is 26.2 Å². The van der Waals surface area contributed by atoms with Crippen LogP contribution in [0, 0.1) is 5.92 Å². The molecule has 1 aromatic heterocycles. The first-order valence-corrected chi connectivity index (χ1v) is 12.9. The average Bonchev–Trinajstić information content (AvgIpc) is 3.02. The lowest BCUT2D eigenvalue weighted by Gasteiger charge is -2.29. The van der Waals surface area contributed by atoms with Crippen LogP contribution in [0.15, 0.2) is 51.7 Å². The van der Waals surface area contributed by atoms with E-state index >= 15 is 0 Å². The fourth-order valence-corrected chi connectivity index (χ4v) is 6.08. The Balaban J connectivity index is 1.54. The Labute approximate surface area is 187 Å². The number of H-pyrrole nitrogens is 1. The largest absolute Gasteiger partial charge is 0.352 e. The van der Waals surface area contributed by atoms with Gasteiger partial charge in [-0.05, 0) is 49.3 Å². The number of halogens is 1. The van der Waals surface area contributed by atoms with Gasteiger partial charge in [0.25, 0.3) is 0 Å². The molecule has 6 nitrogen and oxygen atoms in total. The zero-order valence-corrected chi connectivity index (χ0v) is 19.0. The second-order valence-corrected chi connectivity index (χ2v) is 10.9. The molecule has 0 spiro atoms. The lowest BCUT2D eigenvalue weighted by atomic mass is 9.77. The molecule has 1 saturated carbocycles. The van der Waals surface area contributed by atoms with Crippen LogP contribution in [0.1, 0.15) is 42.7 Å². The number of allylic oxidation sites excluding steroid dienone is 1. The van der Waals surface area contributed by atoms with Crippen molar-refractivity contribution in [1.29, 1.82) is 0 Å². The third kappa shape index (κ3) is 3.85. The maximum Gasteiger partial charge on any atom is 0.232 e. The Bertz CT molecular complexity index is 1290. The minimum Gasteiger partial charge on any atom is -0.352 e. The summed E-state index contributed by atoms with van der Waals surface area (Å²) in [7, 11) is -3.46. The zero-order valence-electron chi connectivity index (χ0n) is 17.4. The molecule has 1 aliphatic carbocycles. The van der Waals surface area contributed by atoms with E-state index in [1.165, 1.54) is 16.1 Å². The maximum atomic E-state index is 12.5. The van der Waals surface area contributed by atoms with E-state index in [9.17, 15) is 8.42 Å². The molecule has 1 aromatic carbocycles. The van der Waals surface area contributed by atoms with Gasteiger partial charge >= 0.3 is 0 Å². The zero-order chi connectivity index (χ0) is 21.6. The first kappa shape index (κ1) is 20.5. The van der Waals surface area contributed by atoms with Gasteiger partial charge in [-0.3, -0.25) is 4.31 Å². The van der Waals surface area contributed by atoms with Crippen molar-refractivity contribution in [3.05, 3.63) is 63.3 Å². The summed E-state index contributed by atoms with van der Waals surface area (Å²) in [5.41, 5.74) is 3.90. The van der Waals surface area contributed by atoms with Gasteiger partial charge in [0, 0.05) is 16.5 Å². The minimum atomic E-state index is -3.46. The van der Waals surface area contributed by atoms with Gasteiger partial charge in [0.1, 0.15) is 0 Å². The number of hydrogen-bond acceptors (Lipinski definition) is 4. The van der Waals surface area contributed by atoms with Crippen LogP contribution in [-0.2, 0) is 16.6 Å². The number of nitrogens with zero attached hydrogens (tertiary/aromatic N) is 3. The van der Waals surface area contributed by atoms with Crippen LogP contribution in [0.2, 0.25) is 0 Å². The van der Waals surface area contributed by atoms with Crippen molar-refractivity contribution in [2.45, 2.75) is 38.1 Å². The number of hydrogen-bond donors (Lipinski definition) is 1. The number of benzene rings is 1. The summed E-state index contributed by atoms with van der Waals surface area (Å²) in [6.45, 7) is 0.571. The number of aromatic nitrogens is 1. The number of nitrogens with one attached hydrogen (secondary N) is 1. The summed E-state index contributed by atoms with van der Waals surface area (Å²) < 4.78 is 26.4. The number of anilines is 1. The first-order chi connectivity index (χ1) is 14.9. The molecule has 0 bridgehead atoms. The number of sulfonamides is 1. The Morgan fingerprint density at radius 2 is 1.81 bits per heavy atom. The van der Waals surface area contributed by atoms with Crippen LogP contribution in [0.5, 0.6) is 0 Å². The summed E-state index contributed by atoms with van der Waals surface area (Å²) >= 11 is 6.30. The van der Waals surface area contributed by atoms with Gasteiger partial charge in [-0.1, -0.05) is 41.9 Å².